The second kappa shape index (κ2) is 7.26. The van der Waals surface area contributed by atoms with Gasteiger partial charge >= 0.3 is 0 Å². The minimum atomic E-state index is -0.0588. The second-order valence-electron chi connectivity index (χ2n) is 5.28. The maximum Gasteiger partial charge on any atom is 0.253 e. The molecule has 0 atom stereocenters. The molecule has 1 aromatic carbocycles. The molecular formula is C15H24N4O. The molecule has 1 fully saturated rings. The van der Waals surface area contributed by atoms with Crippen molar-refractivity contribution in [3.63, 3.8) is 0 Å². The third-order valence-electron chi connectivity index (χ3n) is 4.03. The largest absolute Gasteiger partial charge is 0.352 e. The summed E-state index contributed by atoms with van der Waals surface area (Å²) >= 11 is 0. The van der Waals surface area contributed by atoms with Crippen LogP contribution in [0.3, 0.4) is 0 Å². The number of hydrazine groups is 1. The van der Waals surface area contributed by atoms with Crippen LogP contribution >= 0.6 is 0 Å². The molecule has 0 saturated carbocycles. The normalized spacial score (nSPS) is 16.9. The second-order valence-corrected chi connectivity index (χ2v) is 5.28. The van der Waals surface area contributed by atoms with Crippen LogP contribution in [0.1, 0.15) is 30.1 Å². The molecule has 0 spiro atoms. The number of rotatable bonds is 5. The number of carbonyl (C=O) groups excluding carboxylic acids is 1. The fourth-order valence-electron chi connectivity index (χ4n) is 2.65. The molecule has 20 heavy (non-hydrogen) atoms. The summed E-state index contributed by atoms with van der Waals surface area (Å²) in [6.45, 7) is 6.33. The monoisotopic (exact) mass is 276 g/mol. The van der Waals surface area contributed by atoms with E-state index in [2.05, 4.69) is 22.6 Å². The van der Waals surface area contributed by atoms with E-state index in [-0.39, 0.29) is 5.91 Å². The van der Waals surface area contributed by atoms with Crippen LogP contribution in [-0.4, -0.2) is 37.0 Å². The lowest BCUT2D eigenvalue weighted by molar-refractivity contribution is 0.0937. The number of nitrogens with one attached hydrogen (secondary N) is 2. The fraction of sp³-hybridized carbons (Fsp3) is 0.533. The zero-order chi connectivity index (χ0) is 14.4. The highest BCUT2D eigenvalue weighted by Crippen LogP contribution is 2.17. The number of amides is 1. The Labute approximate surface area is 120 Å². The number of nitrogens with zero attached hydrogens (tertiary/aromatic N) is 1. The lowest BCUT2D eigenvalue weighted by atomic mass is 9.96. The van der Waals surface area contributed by atoms with Crippen LogP contribution in [0.25, 0.3) is 0 Å². The topological polar surface area (TPSA) is 70.4 Å². The molecule has 1 aliphatic heterocycles. The van der Waals surface area contributed by atoms with Gasteiger partial charge in [0.1, 0.15) is 0 Å². The summed E-state index contributed by atoms with van der Waals surface area (Å²) in [4.78, 5) is 14.6. The van der Waals surface area contributed by atoms with Gasteiger partial charge in [0, 0.05) is 6.54 Å². The number of hydrogen-bond acceptors (Lipinski definition) is 4. The Morgan fingerprint density at radius 2 is 2.05 bits per heavy atom. The van der Waals surface area contributed by atoms with Crippen LogP contribution in [0.4, 0.5) is 5.69 Å². The Morgan fingerprint density at radius 3 is 2.70 bits per heavy atom. The maximum atomic E-state index is 12.2. The van der Waals surface area contributed by atoms with Crippen LogP contribution in [0.2, 0.25) is 0 Å². The number of benzene rings is 1. The minimum absolute atomic E-state index is 0.0588. The van der Waals surface area contributed by atoms with Gasteiger partial charge in [0.25, 0.3) is 5.91 Å². The van der Waals surface area contributed by atoms with Gasteiger partial charge in [-0.1, -0.05) is 19.1 Å². The quantitative estimate of drug-likeness (QED) is 0.562. The van der Waals surface area contributed by atoms with Crippen molar-refractivity contribution in [2.45, 2.75) is 19.8 Å². The van der Waals surface area contributed by atoms with Crippen LogP contribution in [-0.2, 0) is 0 Å². The molecule has 1 aliphatic rings. The molecule has 0 unspecified atom stereocenters. The van der Waals surface area contributed by atoms with Gasteiger partial charge < -0.3 is 15.6 Å². The first kappa shape index (κ1) is 14.8. The van der Waals surface area contributed by atoms with Gasteiger partial charge in [0.2, 0.25) is 0 Å². The Morgan fingerprint density at radius 1 is 1.35 bits per heavy atom. The molecule has 1 heterocycles. The lowest BCUT2D eigenvalue weighted by Gasteiger charge is -2.31. The summed E-state index contributed by atoms with van der Waals surface area (Å²) < 4.78 is 0. The van der Waals surface area contributed by atoms with Crippen LogP contribution in [0.15, 0.2) is 24.3 Å². The van der Waals surface area contributed by atoms with Gasteiger partial charge in [-0.3, -0.25) is 10.6 Å². The number of hydrogen-bond donors (Lipinski definition) is 3. The Hall–Kier alpha value is -1.59. The maximum absolute atomic E-state index is 12.2. The first-order chi connectivity index (χ1) is 9.74. The fourth-order valence-corrected chi connectivity index (χ4v) is 2.65. The van der Waals surface area contributed by atoms with Gasteiger partial charge in [0.15, 0.2) is 0 Å². The average Bonchev–Trinajstić information content (AvgIpc) is 2.53. The Kier molecular flexibility index (Phi) is 5.38. The zero-order valence-corrected chi connectivity index (χ0v) is 12.1. The molecule has 0 bridgehead atoms. The van der Waals surface area contributed by atoms with Crippen molar-refractivity contribution in [1.29, 1.82) is 0 Å². The van der Waals surface area contributed by atoms with E-state index in [1.54, 1.807) is 12.1 Å². The molecule has 1 aromatic rings. The highest BCUT2D eigenvalue weighted by atomic mass is 16.1. The zero-order valence-electron chi connectivity index (χ0n) is 12.1. The van der Waals surface area contributed by atoms with Gasteiger partial charge in [-0.2, -0.15) is 0 Å². The summed E-state index contributed by atoms with van der Waals surface area (Å²) in [5.74, 6) is 5.95. The van der Waals surface area contributed by atoms with Gasteiger partial charge in [-0.25, -0.2) is 0 Å². The van der Waals surface area contributed by atoms with Crippen LogP contribution in [0, 0.1) is 5.92 Å². The van der Waals surface area contributed by atoms with E-state index in [4.69, 9.17) is 5.84 Å². The third-order valence-corrected chi connectivity index (χ3v) is 4.03. The number of nitrogen functional groups attached to an aromatic ring is 1. The van der Waals surface area contributed by atoms with Crippen molar-refractivity contribution in [1.82, 2.24) is 10.2 Å². The number of para-hydroxylation sites is 1. The first-order valence-corrected chi connectivity index (χ1v) is 7.30. The molecule has 0 aromatic heterocycles. The van der Waals surface area contributed by atoms with Gasteiger partial charge in [0.05, 0.1) is 11.3 Å². The molecule has 2 rings (SSSR count). The molecule has 1 amide bonds. The minimum Gasteiger partial charge on any atom is -0.352 e. The summed E-state index contributed by atoms with van der Waals surface area (Å²) in [6, 6.07) is 7.28. The number of likely N-dealkylation sites (tertiary alicyclic amines) is 1. The predicted molar refractivity (Wildman–Crippen MR) is 81.4 cm³/mol. The third kappa shape index (κ3) is 3.71. The standard InChI is InChI=1S/C15H24N4O/c1-2-19-9-7-12(8-10-19)11-17-15(20)13-5-3-4-6-14(13)18-16/h3-6,12,18H,2,7-11,16H2,1H3,(H,17,20). The smallest absolute Gasteiger partial charge is 0.253 e. The number of nitrogens with two attached hydrogens (primary N) is 1. The predicted octanol–water partition coefficient (Wildman–Crippen LogP) is 1.43. The van der Waals surface area contributed by atoms with E-state index >= 15 is 0 Å². The van der Waals surface area contributed by atoms with Crippen LogP contribution < -0.4 is 16.6 Å². The average molecular weight is 276 g/mol. The van der Waals surface area contributed by atoms with Crippen molar-refractivity contribution in [2.24, 2.45) is 11.8 Å². The van der Waals surface area contributed by atoms with Crippen molar-refractivity contribution in [2.75, 3.05) is 31.6 Å². The first-order valence-electron chi connectivity index (χ1n) is 7.30. The summed E-state index contributed by atoms with van der Waals surface area (Å²) in [5.41, 5.74) is 3.82. The van der Waals surface area contributed by atoms with Gasteiger partial charge in [-0.05, 0) is 50.5 Å². The Balaban J connectivity index is 1.83. The van der Waals surface area contributed by atoms with Crippen molar-refractivity contribution in [3.8, 4) is 0 Å². The van der Waals surface area contributed by atoms with E-state index < -0.39 is 0 Å². The van der Waals surface area contributed by atoms with Crippen molar-refractivity contribution < 1.29 is 4.79 Å². The highest BCUT2D eigenvalue weighted by molar-refractivity contribution is 5.99. The molecule has 1 saturated heterocycles. The van der Waals surface area contributed by atoms with E-state index in [9.17, 15) is 4.79 Å². The number of piperidine rings is 1. The molecule has 5 nitrogen and oxygen atoms in total. The van der Waals surface area contributed by atoms with E-state index in [0.29, 0.717) is 17.2 Å². The van der Waals surface area contributed by atoms with E-state index in [1.165, 1.54) is 0 Å². The van der Waals surface area contributed by atoms with Crippen molar-refractivity contribution >= 4 is 11.6 Å². The summed E-state index contributed by atoms with van der Waals surface area (Å²) in [6.07, 6.45) is 2.32. The number of carbonyl (C=O) groups is 1. The highest BCUT2D eigenvalue weighted by Gasteiger charge is 2.19. The number of anilines is 1. The van der Waals surface area contributed by atoms with E-state index in [0.717, 1.165) is 39.0 Å². The SMILES string of the molecule is CCN1CCC(CNC(=O)c2ccccc2NN)CC1. The van der Waals surface area contributed by atoms with Gasteiger partial charge in [-0.15, -0.1) is 0 Å². The molecule has 0 radical (unpaired) electrons. The molecule has 110 valence electrons. The van der Waals surface area contributed by atoms with E-state index in [1.807, 2.05) is 12.1 Å². The Bertz CT molecular complexity index is 441. The lowest BCUT2D eigenvalue weighted by Crippen LogP contribution is -2.38. The molecular weight excluding hydrogens is 252 g/mol. The molecule has 5 heteroatoms. The summed E-state index contributed by atoms with van der Waals surface area (Å²) in [5, 5.41) is 3.02. The summed E-state index contributed by atoms with van der Waals surface area (Å²) in [7, 11) is 0. The molecule has 4 N–H and O–H groups in total. The van der Waals surface area contributed by atoms with Crippen LogP contribution in [0.5, 0.6) is 0 Å². The molecule has 0 aliphatic carbocycles. The van der Waals surface area contributed by atoms with Crippen molar-refractivity contribution in [3.05, 3.63) is 29.8 Å².